The molecular weight excluding hydrogens is 637 g/mol. The molecule has 0 fully saturated rings. The predicted octanol–water partition coefficient (Wildman–Crippen LogP) is 10.9. The summed E-state index contributed by atoms with van der Waals surface area (Å²) in [5, 5.41) is 14.2. The molecule has 10 aromatic rings. The van der Waals surface area contributed by atoms with Gasteiger partial charge >= 0.3 is 0 Å². The molecule has 7 aromatic carbocycles. The summed E-state index contributed by atoms with van der Waals surface area (Å²) in [6, 6.07) is 60.4. The van der Waals surface area contributed by atoms with Crippen molar-refractivity contribution in [1.29, 1.82) is 5.26 Å². The molecule has 0 saturated heterocycles. The van der Waals surface area contributed by atoms with Crippen LogP contribution in [-0.2, 0) is 0 Å². The van der Waals surface area contributed by atoms with E-state index in [-0.39, 0.29) is 0 Å². The Morgan fingerprint density at radius 3 is 1.58 bits per heavy atom. The zero-order valence-electron chi connectivity index (χ0n) is 27.8. The molecule has 0 N–H and O–H groups in total. The van der Waals surface area contributed by atoms with Gasteiger partial charge in [0.25, 0.3) is 0 Å². The van der Waals surface area contributed by atoms with E-state index in [9.17, 15) is 5.26 Å². The highest BCUT2D eigenvalue weighted by molar-refractivity contribution is 6.23. The molecule has 6 heteroatoms. The van der Waals surface area contributed by atoms with Gasteiger partial charge in [0.1, 0.15) is 0 Å². The molecule has 52 heavy (non-hydrogen) atoms. The minimum absolute atomic E-state index is 0.496. The molecular formula is C46H28N6. The van der Waals surface area contributed by atoms with Crippen LogP contribution in [0.3, 0.4) is 0 Å². The minimum atomic E-state index is 0.496. The molecule has 0 amide bonds. The van der Waals surface area contributed by atoms with Crippen LogP contribution >= 0.6 is 0 Å². The lowest BCUT2D eigenvalue weighted by Crippen LogP contribution is -2.07. The fraction of sp³-hybridized carbons (Fsp3) is 0. The quantitative estimate of drug-likeness (QED) is 0.184. The van der Waals surface area contributed by atoms with Crippen LogP contribution in [0.25, 0.3) is 89.2 Å². The number of hydrogen-bond acceptors (Lipinski definition) is 4. The first-order valence-electron chi connectivity index (χ1n) is 17.2. The van der Waals surface area contributed by atoms with Crippen LogP contribution in [0.1, 0.15) is 5.56 Å². The molecule has 0 unspecified atom stereocenters. The van der Waals surface area contributed by atoms with Gasteiger partial charge in [-0.2, -0.15) is 15.2 Å². The highest BCUT2D eigenvalue weighted by atomic mass is 15.2. The molecule has 3 aromatic heterocycles. The number of benzene rings is 7. The molecule has 3 heterocycles. The van der Waals surface area contributed by atoms with Gasteiger partial charge in [0.05, 0.1) is 33.7 Å². The van der Waals surface area contributed by atoms with Gasteiger partial charge < -0.3 is 4.57 Å². The van der Waals surface area contributed by atoms with Crippen molar-refractivity contribution in [2.24, 2.45) is 0 Å². The summed E-state index contributed by atoms with van der Waals surface area (Å²) in [6.07, 6.45) is 0. The lowest BCUT2D eigenvalue weighted by Gasteiger charge is -2.13. The van der Waals surface area contributed by atoms with Gasteiger partial charge in [-0.1, -0.05) is 133 Å². The monoisotopic (exact) mass is 664 g/mol. The molecule has 0 radical (unpaired) electrons. The Morgan fingerprint density at radius 2 is 0.923 bits per heavy atom. The fourth-order valence-electron chi connectivity index (χ4n) is 7.45. The van der Waals surface area contributed by atoms with Gasteiger partial charge in [-0.3, -0.25) is 4.57 Å². The first-order chi connectivity index (χ1) is 25.7. The van der Waals surface area contributed by atoms with Crippen molar-refractivity contribution < 1.29 is 0 Å². The summed E-state index contributed by atoms with van der Waals surface area (Å²) in [5.41, 5.74) is 9.75. The number of fused-ring (bicyclic) bond motifs is 7. The second kappa shape index (κ2) is 11.9. The van der Waals surface area contributed by atoms with E-state index in [4.69, 9.17) is 15.0 Å². The first-order valence-corrected chi connectivity index (χ1v) is 17.2. The Bertz CT molecular complexity index is 3010. The van der Waals surface area contributed by atoms with Crippen molar-refractivity contribution >= 4 is 43.6 Å². The molecule has 0 aliphatic rings. The van der Waals surface area contributed by atoms with Crippen LogP contribution < -0.4 is 0 Å². The maximum absolute atomic E-state index is 9.73. The van der Waals surface area contributed by atoms with Crippen LogP contribution in [-0.4, -0.2) is 24.1 Å². The molecule has 0 aliphatic heterocycles. The summed E-state index contributed by atoms with van der Waals surface area (Å²) in [6.45, 7) is 0. The third kappa shape index (κ3) is 4.68. The number of rotatable bonds is 5. The molecule has 0 aliphatic carbocycles. The largest absolute Gasteiger partial charge is 0.307 e. The molecule has 0 atom stereocenters. The van der Waals surface area contributed by atoms with Crippen LogP contribution in [0.4, 0.5) is 0 Å². The molecule has 10 rings (SSSR count). The predicted molar refractivity (Wildman–Crippen MR) is 210 cm³/mol. The van der Waals surface area contributed by atoms with Crippen molar-refractivity contribution in [3.8, 4) is 51.6 Å². The van der Waals surface area contributed by atoms with Gasteiger partial charge in [0, 0.05) is 38.4 Å². The standard InChI is InChI=1S/C46H28N6/c47-29-30-12-11-17-34(28-30)45-48-44(33-15-5-2-6-16-33)49-46(50-45)52-41-21-10-8-19-37(41)39-27-26-38-36-18-7-9-20-40(36)51(42(38)43(39)52)35-24-22-32(23-25-35)31-13-3-1-4-14-31/h1-28H. The lowest BCUT2D eigenvalue weighted by atomic mass is 10.1. The van der Waals surface area contributed by atoms with E-state index in [0.29, 0.717) is 23.2 Å². The number of hydrogen-bond donors (Lipinski definition) is 0. The average Bonchev–Trinajstić information content (AvgIpc) is 3.75. The van der Waals surface area contributed by atoms with Gasteiger partial charge in [-0.15, -0.1) is 0 Å². The lowest BCUT2D eigenvalue weighted by molar-refractivity contribution is 0.953. The third-order valence-electron chi connectivity index (χ3n) is 9.81. The Hall–Kier alpha value is -7.36. The average molecular weight is 665 g/mol. The van der Waals surface area contributed by atoms with E-state index in [1.54, 1.807) is 6.07 Å². The fourth-order valence-corrected chi connectivity index (χ4v) is 7.45. The van der Waals surface area contributed by atoms with Crippen LogP contribution in [0.2, 0.25) is 0 Å². The number of nitriles is 1. The van der Waals surface area contributed by atoms with E-state index < -0.39 is 0 Å². The van der Waals surface area contributed by atoms with Gasteiger partial charge in [-0.05, 0) is 47.5 Å². The summed E-state index contributed by atoms with van der Waals surface area (Å²) in [5.74, 6) is 1.55. The van der Waals surface area contributed by atoms with Crippen molar-refractivity contribution in [3.63, 3.8) is 0 Å². The maximum atomic E-state index is 9.73. The minimum Gasteiger partial charge on any atom is -0.307 e. The van der Waals surface area contributed by atoms with E-state index in [1.165, 1.54) is 5.56 Å². The Morgan fingerprint density at radius 1 is 0.404 bits per heavy atom. The number of aromatic nitrogens is 5. The van der Waals surface area contributed by atoms with E-state index >= 15 is 0 Å². The zero-order chi connectivity index (χ0) is 34.6. The normalized spacial score (nSPS) is 11.4. The Kier molecular flexibility index (Phi) is 6.76. The van der Waals surface area contributed by atoms with Gasteiger partial charge in [0.2, 0.25) is 5.95 Å². The van der Waals surface area contributed by atoms with E-state index in [0.717, 1.165) is 66.0 Å². The maximum Gasteiger partial charge on any atom is 0.238 e. The first kappa shape index (κ1) is 29.5. The summed E-state index contributed by atoms with van der Waals surface area (Å²) in [4.78, 5) is 15.3. The Balaban J connectivity index is 1.32. The second-order valence-electron chi connectivity index (χ2n) is 12.8. The van der Waals surface area contributed by atoms with Crippen molar-refractivity contribution in [3.05, 3.63) is 175 Å². The third-order valence-corrected chi connectivity index (χ3v) is 9.81. The summed E-state index contributed by atoms with van der Waals surface area (Å²) < 4.78 is 4.56. The van der Waals surface area contributed by atoms with Crippen LogP contribution in [0.5, 0.6) is 0 Å². The number of nitrogens with zero attached hydrogens (tertiary/aromatic N) is 6. The van der Waals surface area contributed by atoms with E-state index in [2.05, 4.69) is 124 Å². The van der Waals surface area contributed by atoms with Crippen LogP contribution in [0, 0.1) is 11.3 Å². The zero-order valence-corrected chi connectivity index (χ0v) is 27.8. The molecule has 6 nitrogen and oxygen atoms in total. The molecule has 0 bridgehead atoms. The highest BCUT2D eigenvalue weighted by Gasteiger charge is 2.23. The van der Waals surface area contributed by atoms with Crippen molar-refractivity contribution in [2.75, 3.05) is 0 Å². The van der Waals surface area contributed by atoms with Gasteiger partial charge in [-0.25, -0.2) is 4.98 Å². The van der Waals surface area contributed by atoms with Crippen molar-refractivity contribution in [1.82, 2.24) is 24.1 Å². The smallest absolute Gasteiger partial charge is 0.238 e. The highest BCUT2D eigenvalue weighted by Crippen LogP contribution is 2.41. The molecule has 0 saturated carbocycles. The number of para-hydroxylation sites is 2. The van der Waals surface area contributed by atoms with Gasteiger partial charge in [0.15, 0.2) is 11.6 Å². The van der Waals surface area contributed by atoms with Crippen LogP contribution in [0.15, 0.2) is 170 Å². The molecule has 0 spiro atoms. The summed E-state index contributed by atoms with van der Waals surface area (Å²) >= 11 is 0. The van der Waals surface area contributed by atoms with Crippen molar-refractivity contribution in [2.45, 2.75) is 0 Å². The SMILES string of the molecule is N#Cc1cccc(-c2nc(-c3ccccc3)nc(-n3c4ccccc4c4ccc5c6ccccc6n(-c6ccc(-c7ccccc7)cc6)c5c43)n2)c1. The molecule has 242 valence electrons. The Labute approximate surface area is 299 Å². The topological polar surface area (TPSA) is 72.3 Å². The second-order valence-corrected chi connectivity index (χ2v) is 12.8. The summed E-state index contributed by atoms with van der Waals surface area (Å²) in [7, 11) is 0. The van der Waals surface area contributed by atoms with E-state index in [1.807, 2.05) is 54.6 Å².